The van der Waals surface area contributed by atoms with E-state index in [1.807, 2.05) is 6.26 Å². The number of thioether (sulfide) groups is 1. The van der Waals surface area contributed by atoms with E-state index in [1.54, 1.807) is 16.7 Å². The van der Waals surface area contributed by atoms with E-state index in [2.05, 4.69) is 6.07 Å². The largest absolute Gasteiger partial charge is 0.342 e. The number of nitriles is 1. The van der Waals surface area contributed by atoms with Crippen molar-refractivity contribution >= 4 is 27.5 Å². The standard InChI is InChI=1S/C12H18N2O3S2/c1-18-12(9-13)3-5-14(6-4-12)11(15)10-2-7-19(16,17)8-10/h10H,2-8H2,1H3. The van der Waals surface area contributed by atoms with E-state index >= 15 is 0 Å². The molecule has 2 aliphatic rings. The van der Waals surface area contributed by atoms with Crippen molar-refractivity contribution in [2.24, 2.45) is 5.92 Å². The zero-order chi connectivity index (χ0) is 14.1. The number of amides is 1. The number of rotatable bonds is 2. The fraction of sp³-hybridized carbons (Fsp3) is 0.833. The molecule has 1 atom stereocenters. The molecule has 1 unspecified atom stereocenters. The summed E-state index contributed by atoms with van der Waals surface area (Å²) in [4.78, 5) is 14.0. The maximum atomic E-state index is 12.2. The lowest BCUT2D eigenvalue weighted by atomic mass is 9.96. The second-order valence-corrected chi connectivity index (χ2v) is 8.65. The molecule has 0 saturated carbocycles. The number of likely N-dealkylation sites (tertiary alicyclic amines) is 1. The lowest BCUT2D eigenvalue weighted by molar-refractivity contribution is -0.135. The molecule has 0 radical (unpaired) electrons. The predicted molar refractivity (Wildman–Crippen MR) is 74.4 cm³/mol. The molecule has 2 fully saturated rings. The molecule has 0 bridgehead atoms. The van der Waals surface area contributed by atoms with Crippen LogP contribution in [-0.4, -0.2) is 54.8 Å². The summed E-state index contributed by atoms with van der Waals surface area (Å²) in [7, 11) is -3.02. The summed E-state index contributed by atoms with van der Waals surface area (Å²) in [5.74, 6) is -0.291. The normalized spacial score (nSPS) is 28.8. The molecule has 0 spiro atoms. The number of nitrogens with zero attached hydrogens (tertiary/aromatic N) is 2. The Labute approximate surface area is 118 Å². The van der Waals surface area contributed by atoms with Crippen molar-refractivity contribution < 1.29 is 13.2 Å². The molecular formula is C12H18N2O3S2. The van der Waals surface area contributed by atoms with Crippen molar-refractivity contribution in [1.29, 1.82) is 5.26 Å². The maximum Gasteiger partial charge on any atom is 0.226 e. The summed E-state index contributed by atoms with van der Waals surface area (Å²) >= 11 is 1.54. The first-order chi connectivity index (χ1) is 8.91. The third-order valence-corrected chi connectivity index (χ3v) is 7.11. The Morgan fingerprint density at radius 2 is 2.05 bits per heavy atom. The van der Waals surface area contributed by atoms with Gasteiger partial charge >= 0.3 is 0 Å². The van der Waals surface area contributed by atoms with Crippen LogP contribution in [0.5, 0.6) is 0 Å². The summed E-state index contributed by atoms with van der Waals surface area (Å²) in [6.45, 7) is 1.12. The monoisotopic (exact) mass is 302 g/mol. The molecular weight excluding hydrogens is 284 g/mol. The fourth-order valence-electron chi connectivity index (χ4n) is 2.70. The van der Waals surface area contributed by atoms with Crippen LogP contribution in [0.3, 0.4) is 0 Å². The third kappa shape index (κ3) is 3.06. The Kier molecular flexibility index (Phi) is 4.11. The van der Waals surface area contributed by atoms with Gasteiger partial charge in [-0.2, -0.15) is 5.26 Å². The minimum Gasteiger partial charge on any atom is -0.342 e. The molecule has 7 heteroatoms. The van der Waals surface area contributed by atoms with E-state index in [1.165, 1.54) is 0 Å². The number of carbonyl (C=O) groups is 1. The second-order valence-electron chi connectivity index (χ2n) is 5.24. The van der Waals surface area contributed by atoms with E-state index in [9.17, 15) is 18.5 Å². The Balaban J connectivity index is 1.96. The van der Waals surface area contributed by atoms with E-state index in [4.69, 9.17) is 0 Å². The van der Waals surface area contributed by atoms with Crippen molar-refractivity contribution in [3.8, 4) is 6.07 Å². The molecule has 19 heavy (non-hydrogen) atoms. The number of hydrogen-bond donors (Lipinski definition) is 0. The van der Waals surface area contributed by atoms with Gasteiger partial charge < -0.3 is 4.90 Å². The molecule has 2 saturated heterocycles. The maximum absolute atomic E-state index is 12.2. The summed E-state index contributed by atoms with van der Waals surface area (Å²) in [5.41, 5.74) is 0. The first kappa shape index (κ1) is 14.7. The van der Waals surface area contributed by atoms with Gasteiger partial charge in [0.05, 0.1) is 23.5 Å². The first-order valence-corrected chi connectivity index (χ1v) is 9.42. The highest BCUT2D eigenvalue weighted by Gasteiger charge is 2.39. The molecule has 2 rings (SSSR count). The summed E-state index contributed by atoms with van der Waals surface area (Å²) in [6.07, 6.45) is 3.69. The van der Waals surface area contributed by atoms with Crippen molar-refractivity contribution in [3.05, 3.63) is 0 Å². The number of piperidine rings is 1. The highest BCUT2D eigenvalue weighted by molar-refractivity contribution is 8.00. The Morgan fingerprint density at radius 3 is 2.47 bits per heavy atom. The molecule has 0 N–H and O–H groups in total. The summed E-state index contributed by atoms with van der Waals surface area (Å²) in [6, 6.07) is 2.34. The van der Waals surface area contributed by atoms with Gasteiger partial charge in [0.2, 0.25) is 5.91 Å². The average molecular weight is 302 g/mol. The number of carbonyl (C=O) groups excluding carboxylic acids is 1. The van der Waals surface area contributed by atoms with E-state index in [0.717, 1.165) is 0 Å². The quantitative estimate of drug-likeness (QED) is 0.749. The van der Waals surface area contributed by atoms with Crippen LogP contribution >= 0.6 is 11.8 Å². The molecule has 0 aromatic rings. The van der Waals surface area contributed by atoms with Crippen LogP contribution < -0.4 is 0 Å². The van der Waals surface area contributed by atoms with Crippen molar-refractivity contribution in [2.75, 3.05) is 30.9 Å². The van der Waals surface area contributed by atoms with Crippen LogP contribution in [0.25, 0.3) is 0 Å². The average Bonchev–Trinajstić information content (AvgIpc) is 2.78. The minimum atomic E-state index is -3.02. The summed E-state index contributed by atoms with van der Waals surface area (Å²) < 4.78 is 22.4. The second kappa shape index (κ2) is 5.33. The number of hydrogen-bond acceptors (Lipinski definition) is 5. The Bertz CT molecular complexity index is 502. The third-order valence-electron chi connectivity index (χ3n) is 4.06. The Morgan fingerprint density at radius 1 is 1.42 bits per heavy atom. The first-order valence-electron chi connectivity index (χ1n) is 6.37. The molecule has 0 aromatic heterocycles. The molecule has 1 amide bonds. The predicted octanol–water partition coefficient (Wildman–Crippen LogP) is 0.669. The minimum absolute atomic E-state index is 0.00570. The van der Waals surface area contributed by atoms with Crippen LogP contribution in [-0.2, 0) is 14.6 Å². The molecule has 5 nitrogen and oxygen atoms in total. The van der Waals surface area contributed by atoms with Crippen LogP contribution in [0.1, 0.15) is 19.3 Å². The van der Waals surface area contributed by atoms with E-state index in [0.29, 0.717) is 32.4 Å². The smallest absolute Gasteiger partial charge is 0.226 e. The van der Waals surface area contributed by atoms with Gasteiger partial charge in [0.25, 0.3) is 0 Å². The van der Waals surface area contributed by atoms with E-state index in [-0.39, 0.29) is 28.1 Å². The lowest BCUT2D eigenvalue weighted by Crippen LogP contribution is -2.46. The van der Waals surface area contributed by atoms with Crippen LogP contribution in [0.2, 0.25) is 0 Å². The van der Waals surface area contributed by atoms with Crippen LogP contribution in [0.4, 0.5) is 0 Å². The topological polar surface area (TPSA) is 78.2 Å². The Hall–Kier alpha value is -0.740. The van der Waals surface area contributed by atoms with Gasteiger partial charge in [0.1, 0.15) is 4.75 Å². The van der Waals surface area contributed by atoms with Gasteiger partial charge in [-0.25, -0.2) is 8.42 Å². The van der Waals surface area contributed by atoms with Gasteiger partial charge in [-0.3, -0.25) is 4.79 Å². The lowest BCUT2D eigenvalue weighted by Gasteiger charge is -2.37. The highest BCUT2D eigenvalue weighted by Crippen LogP contribution is 2.34. The summed E-state index contributed by atoms with van der Waals surface area (Å²) in [5, 5.41) is 9.19. The zero-order valence-corrected chi connectivity index (χ0v) is 12.6. The van der Waals surface area contributed by atoms with E-state index < -0.39 is 9.84 Å². The van der Waals surface area contributed by atoms with Gasteiger partial charge in [-0.15, -0.1) is 11.8 Å². The zero-order valence-electron chi connectivity index (χ0n) is 11.0. The van der Waals surface area contributed by atoms with Crippen LogP contribution in [0.15, 0.2) is 0 Å². The highest BCUT2D eigenvalue weighted by atomic mass is 32.2. The van der Waals surface area contributed by atoms with Crippen molar-refractivity contribution in [1.82, 2.24) is 4.90 Å². The molecule has 2 aliphatic heterocycles. The van der Waals surface area contributed by atoms with Gasteiger partial charge in [-0.1, -0.05) is 0 Å². The molecule has 106 valence electrons. The number of sulfone groups is 1. The van der Waals surface area contributed by atoms with Crippen molar-refractivity contribution in [2.45, 2.75) is 24.0 Å². The van der Waals surface area contributed by atoms with Gasteiger partial charge in [0, 0.05) is 13.1 Å². The van der Waals surface area contributed by atoms with Gasteiger partial charge in [0.15, 0.2) is 9.84 Å². The molecule has 0 aromatic carbocycles. The fourth-order valence-corrected chi connectivity index (χ4v) is 5.11. The van der Waals surface area contributed by atoms with Crippen LogP contribution in [0, 0.1) is 17.2 Å². The molecule has 0 aliphatic carbocycles. The molecule has 2 heterocycles. The van der Waals surface area contributed by atoms with Gasteiger partial charge in [-0.05, 0) is 25.5 Å². The SMILES string of the molecule is CSC1(C#N)CCN(C(=O)C2CCS(=O)(=O)C2)CC1. The van der Waals surface area contributed by atoms with Crippen molar-refractivity contribution in [3.63, 3.8) is 0 Å².